The van der Waals surface area contributed by atoms with Gasteiger partial charge in [-0.3, -0.25) is 0 Å². The first-order valence-corrected chi connectivity index (χ1v) is 5.01. The van der Waals surface area contributed by atoms with Crippen LogP contribution in [0, 0.1) is 0 Å². The van der Waals surface area contributed by atoms with E-state index in [1.807, 2.05) is 24.3 Å². The number of benzene rings is 1. The van der Waals surface area contributed by atoms with Gasteiger partial charge < -0.3 is 9.84 Å². The highest BCUT2D eigenvalue weighted by molar-refractivity contribution is 6.30. The average Bonchev–Trinajstić information content (AvgIpc) is 2.15. The topological polar surface area (TPSA) is 29.5 Å². The third kappa shape index (κ3) is 4.09. The molecule has 0 aliphatic carbocycles. The zero-order valence-electron chi connectivity index (χ0n) is 8.24. The lowest BCUT2D eigenvalue weighted by Gasteiger charge is -2.08. The van der Waals surface area contributed by atoms with Crippen molar-refractivity contribution in [1.82, 2.24) is 0 Å². The number of aliphatic hydroxyl groups excluding tert-OH is 1. The van der Waals surface area contributed by atoms with E-state index >= 15 is 0 Å². The van der Waals surface area contributed by atoms with Crippen molar-refractivity contribution in [3.8, 4) is 0 Å². The summed E-state index contributed by atoms with van der Waals surface area (Å²) in [6.07, 6.45) is 1.14. The molecule has 0 saturated heterocycles. The minimum Gasteiger partial charge on any atom is -0.391 e. The summed E-state index contributed by atoms with van der Waals surface area (Å²) in [6.45, 7) is 0.389. The second-order valence-electron chi connectivity index (χ2n) is 3.28. The highest BCUT2D eigenvalue weighted by Crippen LogP contribution is 2.12. The molecular formula is C11H15ClO2. The van der Waals surface area contributed by atoms with Crippen molar-refractivity contribution >= 4 is 11.6 Å². The molecule has 1 N–H and O–H groups in total. The molecule has 0 radical (unpaired) electrons. The number of aryl methyl sites for hydroxylation is 1. The molecule has 1 aromatic rings. The quantitative estimate of drug-likeness (QED) is 0.815. The molecule has 0 aromatic heterocycles. The minimum absolute atomic E-state index is 0.389. The van der Waals surface area contributed by atoms with Crippen LogP contribution in [0.1, 0.15) is 12.0 Å². The first kappa shape index (κ1) is 11.5. The summed E-state index contributed by atoms with van der Waals surface area (Å²) >= 11 is 5.83. The Labute approximate surface area is 89.5 Å². The van der Waals surface area contributed by atoms with Gasteiger partial charge in [-0.1, -0.05) is 23.7 Å². The van der Waals surface area contributed by atoms with Crippen molar-refractivity contribution in [1.29, 1.82) is 0 Å². The van der Waals surface area contributed by atoms with E-state index in [1.165, 1.54) is 0 Å². The molecule has 3 heteroatoms. The van der Waals surface area contributed by atoms with Crippen molar-refractivity contribution in [3.63, 3.8) is 0 Å². The smallest absolute Gasteiger partial charge is 0.0776 e. The van der Waals surface area contributed by atoms with E-state index in [4.69, 9.17) is 16.3 Å². The Morgan fingerprint density at radius 1 is 1.50 bits per heavy atom. The number of rotatable bonds is 5. The molecule has 0 aliphatic heterocycles. The van der Waals surface area contributed by atoms with E-state index < -0.39 is 0 Å². The average molecular weight is 215 g/mol. The van der Waals surface area contributed by atoms with E-state index in [0.717, 1.165) is 17.0 Å². The Bertz CT molecular complexity index is 276. The van der Waals surface area contributed by atoms with Crippen molar-refractivity contribution < 1.29 is 9.84 Å². The number of hydrogen-bond acceptors (Lipinski definition) is 2. The van der Waals surface area contributed by atoms with Gasteiger partial charge in [0.15, 0.2) is 0 Å². The number of aliphatic hydroxyl groups is 1. The molecule has 1 unspecified atom stereocenters. The van der Waals surface area contributed by atoms with E-state index in [1.54, 1.807) is 7.11 Å². The van der Waals surface area contributed by atoms with Gasteiger partial charge in [0, 0.05) is 12.1 Å². The van der Waals surface area contributed by atoms with Crippen LogP contribution in [0.5, 0.6) is 0 Å². The molecule has 0 saturated carbocycles. The van der Waals surface area contributed by atoms with Crippen molar-refractivity contribution in [2.75, 3.05) is 13.7 Å². The molecule has 0 fully saturated rings. The van der Waals surface area contributed by atoms with Crippen LogP contribution >= 0.6 is 11.6 Å². The maximum atomic E-state index is 9.42. The second-order valence-corrected chi connectivity index (χ2v) is 3.71. The van der Waals surface area contributed by atoms with Crippen LogP contribution in [0.3, 0.4) is 0 Å². The number of ether oxygens (including phenoxy) is 1. The lowest BCUT2D eigenvalue weighted by atomic mass is 10.1. The molecule has 1 atom stereocenters. The molecule has 14 heavy (non-hydrogen) atoms. The van der Waals surface area contributed by atoms with Gasteiger partial charge in [-0.25, -0.2) is 0 Å². The van der Waals surface area contributed by atoms with Crippen LogP contribution in [0.25, 0.3) is 0 Å². The fourth-order valence-electron chi connectivity index (χ4n) is 1.30. The van der Waals surface area contributed by atoms with Crippen LogP contribution < -0.4 is 0 Å². The van der Waals surface area contributed by atoms with E-state index in [0.29, 0.717) is 13.0 Å². The molecule has 1 aromatic carbocycles. The summed E-state index contributed by atoms with van der Waals surface area (Å²) in [5.74, 6) is 0. The first-order chi connectivity index (χ1) is 6.72. The largest absolute Gasteiger partial charge is 0.391 e. The summed E-state index contributed by atoms with van der Waals surface area (Å²) in [5, 5.41) is 10.2. The van der Waals surface area contributed by atoms with Gasteiger partial charge in [0.1, 0.15) is 0 Å². The third-order valence-corrected chi connectivity index (χ3v) is 2.25. The lowest BCUT2D eigenvalue weighted by molar-refractivity contribution is 0.0595. The highest BCUT2D eigenvalue weighted by atomic mass is 35.5. The molecule has 78 valence electrons. The van der Waals surface area contributed by atoms with E-state index in [-0.39, 0.29) is 6.10 Å². The summed E-state index contributed by atoms with van der Waals surface area (Å²) in [6, 6.07) is 7.68. The SMILES string of the molecule is COCC(O)CCc1cccc(Cl)c1. The summed E-state index contributed by atoms with van der Waals surface area (Å²) < 4.78 is 4.84. The van der Waals surface area contributed by atoms with Gasteiger partial charge in [-0.2, -0.15) is 0 Å². The third-order valence-electron chi connectivity index (χ3n) is 2.01. The summed E-state index contributed by atoms with van der Waals surface area (Å²) in [4.78, 5) is 0. The number of hydrogen-bond donors (Lipinski definition) is 1. The molecule has 0 bridgehead atoms. The first-order valence-electron chi connectivity index (χ1n) is 4.64. The Hall–Kier alpha value is -0.570. The summed E-state index contributed by atoms with van der Waals surface area (Å²) in [5.41, 5.74) is 1.15. The number of methoxy groups -OCH3 is 1. The van der Waals surface area contributed by atoms with Crippen molar-refractivity contribution in [2.24, 2.45) is 0 Å². The predicted octanol–water partition coefficient (Wildman–Crippen LogP) is 2.28. The Morgan fingerprint density at radius 2 is 2.29 bits per heavy atom. The van der Waals surface area contributed by atoms with Gasteiger partial charge in [0.05, 0.1) is 12.7 Å². The van der Waals surface area contributed by atoms with Gasteiger partial charge >= 0.3 is 0 Å². The molecule has 0 heterocycles. The Morgan fingerprint density at radius 3 is 2.93 bits per heavy atom. The molecule has 0 aliphatic rings. The van der Waals surface area contributed by atoms with Crippen molar-refractivity contribution in [2.45, 2.75) is 18.9 Å². The van der Waals surface area contributed by atoms with Crippen molar-refractivity contribution in [3.05, 3.63) is 34.9 Å². The molecule has 1 rings (SSSR count). The van der Waals surface area contributed by atoms with Gasteiger partial charge in [0.2, 0.25) is 0 Å². The fraction of sp³-hybridized carbons (Fsp3) is 0.455. The van der Waals surface area contributed by atoms with Gasteiger partial charge in [-0.05, 0) is 30.5 Å². The standard InChI is InChI=1S/C11H15ClO2/c1-14-8-11(13)6-5-9-3-2-4-10(12)7-9/h2-4,7,11,13H,5-6,8H2,1H3. The molecule has 0 spiro atoms. The van der Waals surface area contributed by atoms with E-state index in [2.05, 4.69) is 0 Å². The van der Waals surface area contributed by atoms with Crippen LogP contribution in [-0.4, -0.2) is 24.9 Å². The maximum Gasteiger partial charge on any atom is 0.0776 e. The second kappa shape index (κ2) is 6.02. The zero-order chi connectivity index (χ0) is 10.4. The fourth-order valence-corrected chi connectivity index (χ4v) is 1.51. The normalized spacial score (nSPS) is 12.8. The minimum atomic E-state index is -0.390. The van der Waals surface area contributed by atoms with Crippen LogP contribution in [0.4, 0.5) is 0 Å². The Balaban J connectivity index is 2.37. The predicted molar refractivity (Wildman–Crippen MR) is 57.7 cm³/mol. The molecular weight excluding hydrogens is 200 g/mol. The maximum absolute atomic E-state index is 9.42. The highest BCUT2D eigenvalue weighted by Gasteiger charge is 2.03. The lowest BCUT2D eigenvalue weighted by Crippen LogP contribution is -2.14. The van der Waals surface area contributed by atoms with Crippen LogP contribution in [-0.2, 0) is 11.2 Å². The van der Waals surface area contributed by atoms with Gasteiger partial charge in [-0.15, -0.1) is 0 Å². The van der Waals surface area contributed by atoms with Crippen LogP contribution in [0.2, 0.25) is 5.02 Å². The number of halogens is 1. The van der Waals surface area contributed by atoms with Crippen LogP contribution in [0.15, 0.2) is 24.3 Å². The van der Waals surface area contributed by atoms with Gasteiger partial charge in [0.25, 0.3) is 0 Å². The summed E-state index contributed by atoms with van der Waals surface area (Å²) in [7, 11) is 1.59. The Kier molecular flexibility index (Phi) is 4.94. The monoisotopic (exact) mass is 214 g/mol. The molecule has 0 amide bonds. The molecule has 2 nitrogen and oxygen atoms in total. The zero-order valence-corrected chi connectivity index (χ0v) is 9.00. The van der Waals surface area contributed by atoms with E-state index in [9.17, 15) is 5.11 Å².